The Hall–Kier alpha value is -2.77. The fraction of sp³-hybridized carbons (Fsp3) is 0.0667. The number of pyridine rings is 1. The molecule has 0 saturated carbocycles. The molecule has 0 amide bonds. The third kappa shape index (κ3) is 2.54. The Morgan fingerprint density at radius 2 is 1.86 bits per heavy atom. The van der Waals surface area contributed by atoms with Crippen molar-refractivity contribution in [2.24, 2.45) is 0 Å². The summed E-state index contributed by atoms with van der Waals surface area (Å²) in [4.78, 5) is 4.01. The molecule has 0 aliphatic rings. The second-order valence-electron chi connectivity index (χ2n) is 4.60. The van der Waals surface area contributed by atoms with Crippen LogP contribution < -0.4 is 0 Å². The molecule has 0 atom stereocenters. The average molecular weight is 301 g/mol. The third-order valence-electron chi connectivity index (χ3n) is 3.13. The van der Waals surface area contributed by atoms with Crippen LogP contribution in [0, 0.1) is 5.82 Å². The summed E-state index contributed by atoms with van der Waals surface area (Å²) in [6.07, 6.45) is -0.306. The molecule has 0 saturated heterocycles. The van der Waals surface area contributed by atoms with Gasteiger partial charge in [-0.15, -0.1) is 0 Å². The van der Waals surface area contributed by atoms with E-state index in [1.165, 1.54) is 30.5 Å². The molecule has 3 aromatic rings. The summed E-state index contributed by atoms with van der Waals surface area (Å²) in [7, 11) is 0. The Labute approximate surface area is 124 Å². The van der Waals surface area contributed by atoms with Gasteiger partial charge in [-0.1, -0.05) is 12.1 Å². The van der Waals surface area contributed by atoms with Crippen LogP contribution in [0.3, 0.4) is 0 Å². The Morgan fingerprint density at radius 3 is 2.59 bits per heavy atom. The average Bonchev–Trinajstić information content (AvgIpc) is 2.89. The van der Waals surface area contributed by atoms with E-state index in [4.69, 9.17) is 10.2 Å². The van der Waals surface area contributed by atoms with E-state index in [9.17, 15) is 9.50 Å². The lowest BCUT2D eigenvalue weighted by Crippen LogP contribution is -2.02. The van der Waals surface area contributed by atoms with E-state index in [1.54, 1.807) is 18.2 Å². The van der Waals surface area contributed by atoms with Gasteiger partial charge in [0.25, 0.3) is 0 Å². The standard InChI is InChI=1S/C15H12FN3O3/c16-11-4-2-1-3-10(11)12-8-14(20)19(18-12)13-7-9(15(21)22)5-6-17-13/h1-8,15,20-22H. The Balaban J connectivity index is 2.07. The molecule has 2 aromatic heterocycles. The minimum Gasteiger partial charge on any atom is -0.493 e. The van der Waals surface area contributed by atoms with E-state index >= 15 is 0 Å². The van der Waals surface area contributed by atoms with Crippen LogP contribution >= 0.6 is 0 Å². The maximum atomic E-state index is 13.8. The van der Waals surface area contributed by atoms with Gasteiger partial charge in [0, 0.05) is 23.4 Å². The number of benzene rings is 1. The fourth-order valence-corrected chi connectivity index (χ4v) is 2.05. The predicted octanol–water partition coefficient (Wildman–Crippen LogP) is 1.76. The maximum absolute atomic E-state index is 13.8. The van der Waals surface area contributed by atoms with E-state index in [-0.39, 0.29) is 28.5 Å². The molecule has 0 aliphatic heterocycles. The van der Waals surface area contributed by atoms with Gasteiger partial charge in [-0.2, -0.15) is 9.78 Å². The first-order valence-electron chi connectivity index (χ1n) is 6.42. The van der Waals surface area contributed by atoms with E-state index in [0.717, 1.165) is 4.68 Å². The molecule has 0 spiro atoms. The van der Waals surface area contributed by atoms with Crippen molar-refractivity contribution in [3.63, 3.8) is 0 Å². The predicted molar refractivity (Wildman–Crippen MR) is 75.6 cm³/mol. The summed E-state index contributed by atoms with van der Waals surface area (Å²) in [5.74, 6) is -0.513. The molecule has 1 aromatic carbocycles. The van der Waals surface area contributed by atoms with Crippen molar-refractivity contribution in [3.05, 3.63) is 60.0 Å². The molecule has 112 valence electrons. The molecule has 0 radical (unpaired) electrons. The first-order valence-corrected chi connectivity index (χ1v) is 6.42. The van der Waals surface area contributed by atoms with Crippen LogP contribution in [-0.2, 0) is 0 Å². The molecule has 3 rings (SSSR count). The SMILES string of the molecule is Oc1cc(-c2ccccc2F)nn1-c1cc(C(O)O)ccn1. The van der Waals surface area contributed by atoms with Crippen LogP contribution in [0.2, 0.25) is 0 Å². The lowest BCUT2D eigenvalue weighted by Gasteiger charge is -2.06. The highest BCUT2D eigenvalue weighted by Crippen LogP contribution is 2.27. The normalized spacial score (nSPS) is 11.1. The smallest absolute Gasteiger partial charge is 0.216 e. The molecule has 0 unspecified atom stereocenters. The number of rotatable bonds is 3. The summed E-state index contributed by atoms with van der Waals surface area (Å²) in [6, 6.07) is 10.2. The topological polar surface area (TPSA) is 91.4 Å². The van der Waals surface area contributed by atoms with Crippen molar-refractivity contribution in [2.45, 2.75) is 6.29 Å². The zero-order chi connectivity index (χ0) is 15.7. The molecule has 22 heavy (non-hydrogen) atoms. The summed E-state index contributed by atoms with van der Waals surface area (Å²) >= 11 is 0. The van der Waals surface area contributed by atoms with Gasteiger partial charge >= 0.3 is 0 Å². The quantitative estimate of drug-likeness (QED) is 0.641. The minimum atomic E-state index is -1.66. The van der Waals surface area contributed by atoms with Crippen LogP contribution in [0.25, 0.3) is 17.1 Å². The fourth-order valence-electron chi connectivity index (χ4n) is 2.05. The van der Waals surface area contributed by atoms with Gasteiger partial charge < -0.3 is 15.3 Å². The highest BCUT2D eigenvalue weighted by atomic mass is 19.1. The maximum Gasteiger partial charge on any atom is 0.216 e. The van der Waals surface area contributed by atoms with Crippen LogP contribution in [-0.4, -0.2) is 30.1 Å². The lowest BCUT2D eigenvalue weighted by molar-refractivity contribution is -0.0425. The molecule has 0 bridgehead atoms. The number of aromatic hydroxyl groups is 1. The highest BCUT2D eigenvalue weighted by molar-refractivity contribution is 5.61. The Bertz CT molecular complexity index is 817. The number of halogens is 1. The Morgan fingerprint density at radius 1 is 1.09 bits per heavy atom. The summed E-state index contributed by atoms with van der Waals surface area (Å²) in [5.41, 5.74) is 0.689. The van der Waals surface area contributed by atoms with E-state index in [2.05, 4.69) is 10.1 Å². The number of hydrogen-bond donors (Lipinski definition) is 3. The van der Waals surface area contributed by atoms with Crippen molar-refractivity contribution in [3.8, 4) is 23.0 Å². The van der Waals surface area contributed by atoms with Gasteiger partial charge in [-0.05, 0) is 24.3 Å². The van der Waals surface area contributed by atoms with Crippen LogP contribution in [0.15, 0.2) is 48.7 Å². The molecule has 6 nitrogen and oxygen atoms in total. The third-order valence-corrected chi connectivity index (χ3v) is 3.13. The monoisotopic (exact) mass is 301 g/mol. The summed E-state index contributed by atoms with van der Waals surface area (Å²) < 4.78 is 14.9. The summed E-state index contributed by atoms with van der Waals surface area (Å²) in [6.45, 7) is 0. The van der Waals surface area contributed by atoms with Gasteiger partial charge in [-0.3, -0.25) is 0 Å². The largest absolute Gasteiger partial charge is 0.493 e. The number of aliphatic hydroxyl groups is 2. The molecular weight excluding hydrogens is 289 g/mol. The molecular formula is C15H12FN3O3. The second-order valence-corrected chi connectivity index (χ2v) is 4.60. The molecule has 3 N–H and O–H groups in total. The molecule has 0 aliphatic carbocycles. The first kappa shape index (κ1) is 14.2. The first-order chi connectivity index (χ1) is 10.6. The second kappa shape index (κ2) is 5.55. The van der Waals surface area contributed by atoms with Gasteiger partial charge in [0.15, 0.2) is 12.1 Å². The van der Waals surface area contributed by atoms with Gasteiger partial charge in [-0.25, -0.2) is 9.37 Å². The van der Waals surface area contributed by atoms with Crippen LogP contribution in [0.5, 0.6) is 5.88 Å². The Kier molecular flexibility index (Phi) is 3.58. The van der Waals surface area contributed by atoms with E-state index < -0.39 is 12.1 Å². The zero-order valence-electron chi connectivity index (χ0n) is 11.3. The van der Waals surface area contributed by atoms with Gasteiger partial charge in [0.2, 0.25) is 5.88 Å². The number of aliphatic hydroxyl groups excluding tert-OH is 1. The molecule has 2 heterocycles. The van der Waals surface area contributed by atoms with Gasteiger partial charge in [0.1, 0.15) is 5.82 Å². The lowest BCUT2D eigenvalue weighted by atomic mass is 10.1. The van der Waals surface area contributed by atoms with Gasteiger partial charge in [0.05, 0.1) is 5.69 Å². The number of aromatic nitrogens is 3. The number of hydrogen-bond acceptors (Lipinski definition) is 5. The van der Waals surface area contributed by atoms with Crippen molar-refractivity contribution in [2.75, 3.05) is 0 Å². The van der Waals surface area contributed by atoms with Crippen molar-refractivity contribution in [1.82, 2.24) is 14.8 Å². The number of nitrogens with zero attached hydrogens (tertiary/aromatic N) is 3. The van der Waals surface area contributed by atoms with E-state index in [0.29, 0.717) is 0 Å². The minimum absolute atomic E-state index is 0.186. The van der Waals surface area contributed by atoms with Crippen LogP contribution in [0.1, 0.15) is 11.9 Å². The van der Waals surface area contributed by atoms with Crippen molar-refractivity contribution >= 4 is 0 Å². The van der Waals surface area contributed by atoms with Crippen molar-refractivity contribution < 1.29 is 19.7 Å². The highest BCUT2D eigenvalue weighted by Gasteiger charge is 2.14. The van der Waals surface area contributed by atoms with Crippen LogP contribution in [0.4, 0.5) is 4.39 Å². The molecule has 7 heteroatoms. The zero-order valence-corrected chi connectivity index (χ0v) is 11.3. The van der Waals surface area contributed by atoms with Crippen molar-refractivity contribution in [1.29, 1.82) is 0 Å². The summed E-state index contributed by atoms with van der Waals surface area (Å²) in [5, 5.41) is 32.4. The van der Waals surface area contributed by atoms with E-state index in [1.807, 2.05) is 0 Å². The molecule has 0 fully saturated rings.